The SMILES string of the molecule is CC(=O)O.C[Se]CC(N)C(=O)O.C[Se]C[C@H](N)C(=O)O. The maximum absolute atomic E-state index is 9.97. The van der Waals surface area contributed by atoms with Gasteiger partial charge in [0.2, 0.25) is 0 Å². The number of hydrogen-bond acceptors (Lipinski definition) is 5. The van der Waals surface area contributed by atoms with Crippen molar-refractivity contribution in [1.82, 2.24) is 0 Å². The second-order valence-electron chi connectivity index (χ2n) is 3.32. The third kappa shape index (κ3) is 26.0. The van der Waals surface area contributed by atoms with Gasteiger partial charge in [-0.25, -0.2) is 0 Å². The fraction of sp³-hybridized carbons (Fsp3) is 0.700. The summed E-state index contributed by atoms with van der Waals surface area (Å²) in [7, 11) is 0. The Bertz CT molecular complexity index is 265. The van der Waals surface area contributed by atoms with E-state index in [1.54, 1.807) is 0 Å². The van der Waals surface area contributed by atoms with E-state index in [1.165, 1.54) is 0 Å². The predicted octanol–water partition coefficient (Wildman–Crippen LogP) is -0.771. The quantitative estimate of drug-likeness (QED) is 0.347. The molecule has 0 rings (SSSR count). The standard InChI is InChI=1S/2C4H9NO2Se.C2H4O2/c2*1-8-2-3(5)4(6)7;1-2(3)4/h2*3H,2,5H2,1H3,(H,6,7);1H3,(H,3,4)/t3-;;/m0../s1. The first-order chi connectivity index (χ1) is 9.09. The molecule has 0 fully saturated rings. The van der Waals surface area contributed by atoms with Crippen LogP contribution in [0.15, 0.2) is 0 Å². The number of carboxylic acid groups (broad SMARTS) is 3. The van der Waals surface area contributed by atoms with Gasteiger partial charge < -0.3 is 5.11 Å². The Kier molecular flexibility index (Phi) is 20.0. The van der Waals surface area contributed by atoms with Crippen LogP contribution < -0.4 is 11.5 Å². The average Bonchev–Trinajstić information content (AvgIpc) is 2.29. The molecule has 1 unspecified atom stereocenters. The normalized spacial score (nSPS) is 11.8. The van der Waals surface area contributed by atoms with E-state index in [4.69, 9.17) is 31.6 Å². The first-order valence-electron chi connectivity index (χ1n) is 5.24. The zero-order chi connectivity index (χ0) is 16.7. The molecule has 7 N–H and O–H groups in total. The topological polar surface area (TPSA) is 164 Å². The van der Waals surface area contributed by atoms with Gasteiger partial charge >= 0.3 is 107 Å². The van der Waals surface area contributed by atoms with Crippen LogP contribution in [0.1, 0.15) is 6.92 Å². The molecule has 0 aromatic rings. The minimum absolute atomic E-state index is 0.373. The van der Waals surface area contributed by atoms with E-state index < -0.39 is 30.0 Å². The van der Waals surface area contributed by atoms with Crippen molar-refractivity contribution in [1.29, 1.82) is 0 Å². The summed E-state index contributed by atoms with van der Waals surface area (Å²) in [6.45, 7) is 1.08. The van der Waals surface area contributed by atoms with Crippen molar-refractivity contribution in [3.63, 3.8) is 0 Å². The van der Waals surface area contributed by atoms with Gasteiger partial charge in [-0.1, -0.05) is 0 Å². The van der Waals surface area contributed by atoms with Crippen LogP contribution in [0.25, 0.3) is 0 Å². The van der Waals surface area contributed by atoms with Crippen molar-refractivity contribution in [2.75, 3.05) is 0 Å². The van der Waals surface area contributed by atoms with Gasteiger partial charge in [-0.05, 0) is 0 Å². The number of carbonyl (C=O) groups is 3. The van der Waals surface area contributed by atoms with E-state index in [9.17, 15) is 9.59 Å². The van der Waals surface area contributed by atoms with Gasteiger partial charge in [-0.3, -0.25) is 4.79 Å². The second-order valence-corrected chi connectivity index (χ2v) is 7.14. The predicted molar refractivity (Wildman–Crippen MR) is 77.4 cm³/mol. The molecule has 0 aromatic carbocycles. The number of carboxylic acids is 3. The molecular formula is C10H22N2O6Se2. The van der Waals surface area contributed by atoms with E-state index in [2.05, 4.69) is 0 Å². The molecule has 0 aliphatic rings. The summed E-state index contributed by atoms with van der Waals surface area (Å²) in [5, 5.41) is 25.1. The molecule has 10 heteroatoms. The van der Waals surface area contributed by atoms with Crippen molar-refractivity contribution < 1.29 is 29.7 Å². The Morgan fingerprint density at radius 3 is 1.15 bits per heavy atom. The average molecular weight is 424 g/mol. The van der Waals surface area contributed by atoms with Crippen molar-refractivity contribution in [3.05, 3.63) is 0 Å². The third-order valence-electron chi connectivity index (χ3n) is 1.33. The number of nitrogens with two attached hydrogens (primary N) is 2. The van der Waals surface area contributed by atoms with E-state index >= 15 is 0 Å². The summed E-state index contributed by atoms with van der Waals surface area (Å²) in [6.07, 6.45) is 0. The fourth-order valence-corrected chi connectivity index (χ4v) is 2.61. The summed E-state index contributed by atoms with van der Waals surface area (Å²) >= 11 is 0.746. The van der Waals surface area contributed by atoms with Gasteiger partial charge in [0.05, 0.1) is 0 Å². The van der Waals surface area contributed by atoms with Crippen molar-refractivity contribution in [3.8, 4) is 0 Å². The molecule has 8 nitrogen and oxygen atoms in total. The Hall–Kier alpha value is -0.631. The summed E-state index contributed by atoms with van der Waals surface area (Å²) in [4.78, 5) is 28.9. The molecule has 20 heavy (non-hydrogen) atoms. The van der Waals surface area contributed by atoms with Crippen molar-refractivity contribution in [2.24, 2.45) is 11.5 Å². The van der Waals surface area contributed by atoms with Crippen molar-refractivity contribution in [2.45, 2.75) is 41.3 Å². The second kappa shape index (κ2) is 16.4. The first kappa shape index (κ1) is 24.4. The summed E-state index contributed by atoms with van der Waals surface area (Å²) in [5.41, 5.74) is 10.3. The monoisotopic (exact) mass is 426 g/mol. The maximum atomic E-state index is 9.97. The van der Waals surface area contributed by atoms with E-state index in [0.717, 1.165) is 6.92 Å². The number of hydrogen-bond donors (Lipinski definition) is 5. The van der Waals surface area contributed by atoms with Crippen LogP contribution in [0.2, 0.25) is 22.3 Å². The minimum atomic E-state index is -0.895. The molecular weight excluding hydrogens is 402 g/mol. The molecule has 2 atom stereocenters. The molecule has 0 saturated carbocycles. The van der Waals surface area contributed by atoms with Crippen LogP contribution in [0.3, 0.4) is 0 Å². The van der Waals surface area contributed by atoms with Gasteiger partial charge in [0.25, 0.3) is 5.97 Å². The van der Waals surface area contributed by atoms with Gasteiger partial charge in [-0.15, -0.1) is 0 Å². The molecule has 0 heterocycles. The van der Waals surface area contributed by atoms with Crippen LogP contribution in [0.5, 0.6) is 0 Å². The molecule has 0 spiro atoms. The van der Waals surface area contributed by atoms with Crippen LogP contribution in [0.4, 0.5) is 0 Å². The van der Waals surface area contributed by atoms with Gasteiger partial charge in [-0.2, -0.15) is 0 Å². The Morgan fingerprint density at radius 2 is 1.10 bits per heavy atom. The van der Waals surface area contributed by atoms with E-state index in [0.29, 0.717) is 40.6 Å². The number of aliphatic carboxylic acids is 3. The molecule has 0 saturated heterocycles. The molecule has 0 aliphatic carbocycles. The summed E-state index contributed by atoms with van der Waals surface area (Å²) < 4.78 is 0. The molecule has 120 valence electrons. The van der Waals surface area contributed by atoms with Crippen LogP contribution in [-0.2, 0) is 14.4 Å². The van der Waals surface area contributed by atoms with Crippen molar-refractivity contribution >= 4 is 47.8 Å². The van der Waals surface area contributed by atoms with E-state index in [1.807, 2.05) is 11.6 Å². The van der Waals surface area contributed by atoms with E-state index in [-0.39, 0.29) is 0 Å². The van der Waals surface area contributed by atoms with Crippen LogP contribution >= 0.6 is 0 Å². The zero-order valence-corrected chi connectivity index (χ0v) is 15.0. The first-order valence-corrected chi connectivity index (χ1v) is 11.1. The zero-order valence-electron chi connectivity index (χ0n) is 11.6. The Morgan fingerprint density at radius 1 is 0.900 bits per heavy atom. The van der Waals surface area contributed by atoms with Gasteiger partial charge in [0.15, 0.2) is 0 Å². The fourth-order valence-electron chi connectivity index (χ4n) is 0.502. The molecule has 0 radical (unpaired) electrons. The van der Waals surface area contributed by atoms with Gasteiger partial charge in [0.1, 0.15) is 0 Å². The Labute approximate surface area is 130 Å². The number of rotatable bonds is 6. The molecule has 0 aliphatic heterocycles. The Balaban J connectivity index is -0.000000230. The van der Waals surface area contributed by atoms with Crippen LogP contribution in [-0.4, -0.2) is 75.2 Å². The van der Waals surface area contributed by atoms with Crippen LogP contribution in [0, 0.1) is 0 Å². The summed E-state index contributed by atoms with van der Waals surface area (Å²) in [5.74, 6) is 1.31. The molecule has 0 aromatic heterocycles. The third-order valence-corrected chi connectivity index (χ3v) is 4.23. The molecule has 0 amide bonds. The molecule has 0 bridgehead atoms. The van der Waals surface area contributed by atoms with Gasteiger partial charge in [0, 0.05) is 6.92 Å². The summed E-state index contributed by atoms with van der Waals surface area (Å²) in [6, 6.07) is -1.28.